The van der Waals surface area contributed by atoms with Gasteiger partial charge in [0.2, 0.25) is 0 Å². The maximum atomic E-state index is 12.6. The first kappa shape index (κ1) is 14.2. The van der Waals surface area contributed by atoms with E-state index >= 15 is 0 Å². The third-order valence-electron chi connectivity index (χ3n) is 4.12. The Hall–Kier alpha value is -1.75. The SMILES string of the molecule is CC(C)N1CCN(C(=O)c2ccc3c(c2)OCCO3)CC1. The van der Waals surface area contributed by atoms with Gasteiger partial charge in [-0.05, 0) is 32.0 Å². The Labute approximate surface area is 125 Å². The third-order valence-corrected chi connectivity index (χ3v) is 4.12. The van der Waals surface area contributed by atoms with Gasteiger partial charge in [0.25, 0.3) is 5.91 Å². The van der Waals surface area contributed by atoms with E-state index in [9.17, 15) is 4.79 Å². The summed E-state index contributed by atoms with van der Waals surface area (Å²) in [5.41, 5.74) is 0.678. The minimum atomic E-state index is 0.0791. The summed E-state index contributed by atoms with van der Waals surface area (Å²) in [5, 5.41) is 0. The van der Waals surface area contributed by atoms with Crippen molar-refractivity contribution in [2.24, 2.45) is 0 Å². The molecule has 0 radical (unpaired) electrons. The zero-order chi connectivity index (χ0) is 14.8. The minimum absolute atomic E-state index is 0.0791. The highest BCUT2D eigenvalue weighted by atomic mass is 16.6. The van der Waals surface area contributed by atoms with Crippen LogP contribution in [0.15, 0.2) is 18.2 Å². The Morgan fingerprint density at radius 1 is 1.05 bits per heavy atom. The molecule has 1 aromatic carbocycles. The van der Waals surface area contributed by atoms with Crippen molar-refractivity contribution in [1.82, 2.24) is 9.80 Å². The minimum Gasteiger partial charge on any atom is -0.486 e. The summed E-state index contributed by atoms with van der Waals surface area (Å²) in [6, 6.07) is 5.99. The van der Waals surface area contributed by atoms with Gasteiger partial charge in [-0.2, -0.15) is 0 Å². The molecule has 0 atom stereocenters. The average Bonchev–Trinajstić information content (AvgIpc) is 2.54. The molecule has 5 nitrogen and oxygen atoms in total. The van der Waals surface area contributed by atoms with Gasteiger partial charge in [0.1, 0.15) is 13.2 Å². The molecule has 0 N–H and O–H groups in total. The largest absolute Gasteiger partial charge is 0.486 e. The van der Waals surface area contributed by atoms with Gasteiger partial charge >= 0.3 is 0 Å². The lowest BCUT2D eigenvalue weighted by Crippen LogP contribution is -2.50. The van der Waals surface area contributed by atoms with Crippen LogP contribution in [0.1, 0.15) is 24.2 Å². The van der Waals surface area contributed by atoms with Crippen LogP contribution < -0.4 is 9.47 Å². The predicted molar refractivity (Wildman–Crippen MR) is 80.0 cm³/mol. The van der Waals surface area contributed by atoms with E-state index in [0.717, 1.165) is 31.9 Å². The molecule has 114 valence electrons. The smallest absolute Gasteiger partial charge is 0.254 e. The highest BCUT2D eigenvalue weighted by Crippen LogP contribution is 2.31. The number of hydrogen-bond acceptors (Lipinski definition) is 4. The molecule has 2 aliphatic heterocycles. The van der Waals surface area contributed by atoms with Crippen molar-refractivity contribution in [3.05, 3.63) is 23.8 Å². The van der Waals surface area contributed by atoms with Crippen LogP contribution in [0.3, 0.4) is 0 Å². The second kappa shape index (κ2) is 5.93. The summed E-state index contributed by atoms with van der Waals surface area (Å²) in [5.74, 6) is 1.48. The van der Waals surface area contributed by atoms with Crippen LogP contribution >= 0.6 is 0 Å². The highest BCUT2D eigenvalue weighted by molar-refractivity contribution is 5.95. The number of piperazine rings is 1. The Kier molecular flexibility index (Phi) is 4.01. The highest BCUT2D eigenvalue weighted by Gasteiger charge is 2.24. The fraction of sp³-hybridized carbons (Fsp3) is 0.562. The van der Waals surface area contributed by atoms with Crippen LogP contribution in [0, 0.1) is 0 Å². The van der Waals surface area contributed by atoms with Crippen LogP contribution in [0.4, 0.5) is 0 Å². The van der Waals surface area contributed by atoms with Gasteiger partial charge in [-0.3, -0.25) is 9.69 Å². The van der Waals surface area contributed by atoms with Crippen LogP contribution in [0.5, 0.6) is 11.5 Å². The van der Waals surface area contributed by atoms with Crippen LogP contribution in [0.25, 0.3) is 0 Å². The molecule has 0 bridgehead atoms. The monoisotopic (exact) mass is 290 g/mol. The van der Waals surface area contributed by atoms with E-state index < -0.39 is 0 Å². The number of nitrogens with zero attached hydrogens (tertiary/aromatic N) is 2. The molecule has 2 aliphatic rings. The quantitative estimate of drug-likeness (QED) is 0.830. The zero-order valence-corrected chi connectivity index (χ0v) is 12.7. The molecule has 0 aliphatic carbocycles. The van der Waals surface area contributed by atoms with Crippen LogP contribution in [-0.4, -0.2) is 61.1 Å². The van der Waals surface area contributed by atoms with Crippen molar-refractivity contribution in [1.29, 1.82) is 0 Å². The van der Waals surface area contributed by atoms with E-state index in [-0.39, 0.29) is 5.91 Å². The fourth-order valence-electron chi connectivity index (χ4n) is 2.80. The Bertz CT molecular complexity index is 522. The van der Waals surface area contributed by atoms with Gasteiger partial charge in [-0.1, -0.05) is 0 Å². The average molecular weight is 290 g/mol. The van der Waals surface area contributed by atoms with Gasteiger partial charge in [-0.15, -0.1) is 0 Å². The van der Waals surface area contributed by atoms with Crippen molar-refractivity contribution in [2.45, 2.75) is 19.9 Å². The molecular weight excluding hydrogens is 268 g/mol. The number of hydrogen-bond donors (Lipinski definition) is 0. The van der Waals surface area contributed by atoms with Crippen molar-refractivity contribution >= 4 is 5.91 Å². The maximum Gasteiger partial charge on any atom is 0.254 e. The predicted octanol–water partition coefficient (Wildman–Crippen LogP) is 1.62. The summed E-state index contributed by atoms with van der Waals surface area (Å²) in [7, 11) is 0. The van der Waals surface area contributed by atoms with Crippen molar-refractivity contribution in [3.63, 3.8) is 0 Å². The van der Waals surface area contributed by atoms with Crippen molar-refractivity contribution in [3.8, 4) is 11.5 Å². The van der Waals surface area contributed by atoms with Crippen molar-refractivity contribution in [2.75, 3.05) is 39.4 Å². The molecule has 0 unspecified atom stereocenters. The molecule has 2 heterocycles. The molecule has 3 rings (SSSR count). The van der Waals surface area contributed by atoms with Gasteiger partial charge in [-0.25, -0.2) is 0 Å². The Morgan fingerprint density at radius 3 is 2.38 bits per heavy atom. The molecule has 0 aromatic heterocycles. The molecule has 5 heteroatoms. The van der Waals surface area contributed by atoms with Crippen LogP contribution in [-0.2, 0) is 0 Å². The number of benzene rings is 1. The van der Waals surface area contributed by atoms with E-state index in [1.54, 1.807) is 6.07 Å². The Morgan fingerprint density at radius 2 is 1.71 bits per heavy atom. The first-order valence-electron chi connectivity index (χ1n) is 7.58. The summed E-state index contributed by atoms with van der Waals surface area (Å²) >= 11 is 0. The molecule has 0 spiro atoms. The topological polar surface area (TPSA) is 42.0 Å². The van der Waals surface area contributed by atoms with E-state index in [1.165, 1.54) is 0 Å². The second-order valence-corrected chi connectivity index (χ2v) is 5.78. The lowest BCUT2D eigenvalue weighted by molar-refractivity contribution is 0.0594. The van der Waals surface area contributed by atoms with Crippen molar-refractivity contribution < 1.29 is 14.3 Å². The fourth-order valence-corrected chi connectivity index (χ4v) is 2.80. The summed E-state index contributed by atoms with van der Waals surface area (Å²) < 4.78 is 11.0. The molecule has 21 heavy (non-hydrogen) atoms. The maximum absolute atomic E-state index is 12.6. The zero-order valence-electron chi connectivity index (χ0n) is 12.7. The first-order chi connectivity index (χ1) is 10.1. The molecule has 0 saturated carbocycles. The lowest BCUT2D eigenvalue weighted by atomic mass is 10.1. The van der Waals surface area contributed by atoms with Gasteiger partial charge in [0, 0.05) is 37.8 Å². The number of fused-ring (bicyclic) bond motifs is 1. The third kappa shape index (κ3) is 2.97. The summed E-state index contributed by atoms with van der Waals surface area (Å²) in [4.78, 5) is 16.9. The summed E-state index contributed by atoms with van der Waals surface area (Å²) in [6.07, 6.45) is 0. The standard InChI is InChI=1S/C16H22N2O3/c1-12(2)17-5-7-18(8-6-17)16(19)13-3-4-14-15(11-13)21-10-9-20-14/h3-4,11-12H,5-10H2,1-2H3. The first-order valence-corrected chi connectivity index (χ1v) is 7.58. The number of carbonyl (C=O) groups is 1. The normalized spacial score (nSPS) is 18.9. The van der Waals surface area contributed by atoms with Crippen LogP contribution in [0.2, 0.25) is 0 Å². The van der Waals surface area contributed by atoms with E-state index in [2.05, 4.69) is 18.7 Å². The molecule has 1 amide bonds. The van der Waals surface area contributed by atoms with Gasteiger partial charge in [0.05, 0.1) is 0 Å². The molecule has 1 fully saturated rings. The van der Waals surface area contributed by atoms with Gasteiger partial charge in [0.15, 0.2) is 11.5 Å². The molecule has 1 aromatic rings. The number of ether oxygens (including phenoxy) is 2. The number of carbonyl (C=O) groups excluding carboxylic acids is 1. The van der Waals surface area contributed by atoms with E-state index in [1.807, 2.05) is 17.0 Å². The summed E-state index contributed by atoms with van der Waals surface area (Å²) in [6.45, 7) is 8.94. The van der Waals surface area contributed by atoms with E-state index in [4.69, 9.17) is 9.47 Å². The number of rotatable bonds is 2. The second-order valence-electron chi connectivity index (χ2n) is 5.78. The van der Waals surface area contributed by atoms with Gasteiger partial charge < -0.3 is 14.4 Å². The number of amides is 1. The lowest BCUT2D eigenvalue weighted by Gasteiger charge is -2.37. The van der Waals surface area contributed by atoms with E-state index in [0.29, 0.717) is 30.6 Å². The Balaban J connectivity index is 1.68. The molecular formula is C16H22N2O3. The molecule has 1 saturated heterocycles.